The fourth-order valence-corrected chi connectivity index (χ4v) is 2.41. The molecule has 0 aliphatic heterocycles. The zero-order chi connectivity index (χ0) is 12.2. The highest BCUT2D eigenvalue weighted by atomic mass is 32.1. The highest BCUT2D eigenvalue weighted by Crippen LogP contribution is 2.14. The predicted molar refractivity (Wildman–Crippen MR) is 73.1 cm³/mol. The first-order valence-corrected chi connectivity index (χ1v) is 6.67. The molecule has 2 aromatic heterocycles. The molecule has 0 amide bonds. The molecule has 3 nitrogen and oxygen atoms in total. The Bertz CT molecular complexity index is 637. The van der Waals surface area contributed by atoms with Gasteiger partial charge in [0, 0.05) is 22.9 Å². The number of hydrogen-bond donors (Lipinski definition) is 0. The van der Waals surface area contributed by atoms with E-state index in [1.54, 1.807) is 17.5 Å². The number of aromatic nitrogens is 2. The van der Waals surface area contributed by atoms with Crippen LogP contribution in [0, 0.1) is 0 Å². The molecule has 1 aromatic carbocycles. The minimum Gasteiger partial charge on any atom is -0.463 e. The summed E-state index contributed by atoms with van der Waals surface area (Å²) in [5.41, 5.74) is 0.915. The topological polar surface area (TPSA) is 35.0 Å². The van der Waals surface area contributed by atoms with Crippen LogP contribution in [0.3, 0.4) is 0 Å². The highest BCUT2D eigenvalue weighted by molar-refractivity contribution is 7.09. The summed E-state index contributed by atoms with van der Waals surface area (Å²) in [6, 6.07) is 12.5. The van der Waals surface area contributed by atoms with Gasteiger partial charge in [0.1, 0.15) is 0 Å². The molecule has 0 saturated heterocycles. The molecule has 0 N–H and O–H groups in total. The van der Waals surface area contributed by atoms with Crippen molar-refractivity contribution in [3.05, 3.63) is 52.9 Å². The Kier molecular flexibility index (Phi) is 3.19. The van der Waals surface area contributed by atoms with Crippen molar-refractivity contribution in [1.29, 1.82) is 0 Å². The summed E-state index contributed by atoms with van der Waals surface area (Å²) in [6.45, 7) is 0.610. The third-order valence-corrected chi connectivity index (χ3v) is 3.56. The fraction of sp³-hybridized carbons (Fsp3) is 0.143. The molecular formula is C14H12N2OS. The van der Waals surface area contributed by atoms with Crippen LogP contribution in [-0.4, -0.2) is 16.6 Å². The molecule has 0 saturated carbocycles. The summed E-state index contributed by atoms with van der Waals surface area (Å²) >= 11 is 1.74. The first kappa shape index (κ1) is 11.2. The maximum absolute atomic E-state index is 5.57. The van der Waals surface area contributed by atoms with Crippen LogP contribution in [0.25, 0.3) is 10.9 Å². The van der Waals surface area contributed by atoms with E-state index in [9.17, 15) is 0 Å². The molecule has 0 aliphatic rings. The smallest absolute Gasteiger partial charge is 0.316 e. The lowest BCUT2D eigenvalue weighted by molar-refractivity contribution is 0.298. The fourth-order valence-electron chi connectivity index (χ4n) is 1.72. The molecule has 4 heteroatoms. The molecule has 0 unspecified atom stereocenters. The molecular weight excluding hydrogens is 244 g/mol. The quantitative estimate of drug-likeness (QED) is 0.718. The number of thiophene rings is 1. The van der Waals surface area contributed by atoms with Gasteiger partial charge in [-0.15, -0.1) is 11.3 Å². The third-order valence-electron chi connectivity index (χ3n) is 2.63. The van der Waals surface area contributed by atoms with Crippen molar-refractivity contribution in [3.8, 4) is 6.01 Å². The van der Waals surface area contributed by atoms with E-state index in [1.807, 2.05) is 30.3 Å². The predicted octanol–water partition coefficient (Wildman–Crippen LogP) is 3.31. The van der Waals surface area contributed by atoms with Crippen molar-refractivity contribution in [3.63, 3.8) is 0 Å². The monoisotopic (exact) mass is 256 g/mol. The number of fused-ring (bicyclic) bond motifs is 1. The van der Waals surface area contributed by atoms with Gasteiger partial charge in [-0.3, -0.25) is 0 Å². The molecule has 0 atom stereocenters. The summed E-state index contributed by atoms with van der Waals surface area (Å²) < 4.78 is 5.57. The summed E-state index contributed by atoms with van der Waals surface area (Å²) in [6.07, 6.45) is 2.69. The van der Waals surface area contributed by atoms with Gasteiger partial charge in [0.05, 0.1) is 12.1 Å². The maximum atomic E-state index is 5.57. The maximum Gasteiger partial charge on any atom is 0.316 e. The van der Waals surface area contributed by atoms with Gasteiger partial charge in [-0.05, 0) is 17.5 Å². The lowest BCUT2D eigenvalue weighted by Gasteiger charge is -2.04. The Hall–Kier alpha value is -1.94. The minimum absolute atomic E-state index is 0.449. The summed E-state index contributed by atoms with van der Waals surface area (Å²) in [5, 5.41) is 3.10. The Balaban J connectivity index is 1.67. The number of hydrogen-bond acceptors (Lipinski definition) is 4. The van der Waals surface area contributed by atoms with Crippen molar-refractivity contribution in [2.45, 2.75) is 6.42 Å². The molecule has 0 aliphatic carbocycles. The van der Waals surface area contributed by atoms with E-state index >= 15 is 0 Å². The molecule has 18 heavy (non-hydrogen) atoms. The first-order chi connectivity index (χ1) is 8.92. The van der Waals surface area contributed by atoms with Crippen LogP contribution < -0.4 is 4.74 Å². The van der Waals surface area contributed by atoms with Crippen LogP contribution in [0.1, 0.15) is 4.88 Å². The summed E-state index contributed by atoms with van der Waals surface area (Å²) in [7, 11) is 0. The SMILES string of the molecule is c1csc(CCOc2ncc3ccccc3n2)c1. The molecule has 0 radical (unpaired) electrons. The number of benzene rings is 1. The first-order valence-electron chi connectivity index (χ1n) is 5.79. The second-order valence-corrected chi connectivity index (χ2v) is 4.92. The van der Waals surface area contributed by atoms with Crippen molar-refractivity contribution in [1.82, 2.24) is 9.97 Å². The van der Waals surface area contributed by atoms with Gasteiger partial charge < -0.3 is 4.74 Å². The largest absolute Gasteiger partial charge is 0.463 e. The van der Waals surface area contributed by atoms with Gasteiger partial charge in [0.15, 0.2) is 0 Å². The van der Waals surface area contributed by atoms with E-state index in [-0.39, 0.29) is 0 Å². The number of nitrogens with zero attached hydrogens (tertiary/aromatic N) is 2. The van der Waals surface area contributed by atoms with Crippen LogP contribution in [0.4, 0.5) is 0 Å². The van der Waals surface area contributed by atoms with Gasteiger partial charge in [-0.25, -0.2) is 4.98 Å². The minimum atomic E-state index is 0.449. The van der Waals surface area contributed by atoms with E-state index in [0.717, 1.165) is 17.3 Å². The zero-order valence-electron chi connectivity index (χ0n) is 9.74. The Morgan fingerprint density at radius 1 is 1.11 bits per heavy atom. The number of ether oxygens (including phenoxy) is 1. The summed E-state index contributed by atoms with van der Waals surface area (Å²) in [5.74, 6) is 0. The average Bonchev–Trinajstić information content (AvgIpc) is 2.92. The number of rotatable bonds is 4. The van der Waals surface area contributed by atoms with E-state index in [0.29, 0.717) is 12.6 Å². The van der Waals surface area contributed by atoms with E-state index in [1.165, 1.54) is 4.88 Å². The Morgan fingerprint density at radius 3 is 2.94 bits per heavy atom. The molecule has 3 rings (SSSR count). The van der Waals surface area contributed by atoms with E-state index < -0.39 is 0 Å². The van der Waals surface area contributed by atoms with Crippen molar-refractivity contribution >= 4 is 22.2 Å². The zero-order valence-corrected chi connectivity index (χ0v) is 10.6. The summed E-state index contributed by atoms with van der Waals surface area (Å²) in [4.78, 5) is 9.88. The van der Waals surface area contributed by atoms with Crippen LogP contribution >= 0.6 is 11.3 Å². The van der Waals surface area contributed by atoms with Crippen LogP contribution in [0.5, 0.6) is 6.01 Å². The van der Waals surface area contributed by atoms with Gasteiger partial charge in [0.2, 0.25) is 0 Å². The van der Waals surface area contributed by atoms with Gasteiger partial charge >= 0.3 is 6.01 Å². The van der Waals surface area contributed by atoms with Gasteiger partial charge in [-0.2, -0.15) is 4.98 Å². The highest BCUT2D eigenvalue weighted by Gasteiger charge is 2.01. The molecule has 90 valence electrons. The van der Waals surface area contributed by atoms with Crippen LogP contribution in [-0.2, 0) is 6.42 Å². The Labute approximate surface area is 109 Å². The molecule has 0 spiro atoms. The second kappa shape index (κ2) is 5.14. The van der Waals surface area contributed by atoms with E-state index in [4.69, 9.17) is 4.74 Å². The van der Waals surface area contributed by atoms with Gasteiger partial charge in [-0.1, -0.05) is 24.3 Å². The Morgan fingerprint density at radius 2 is 2.06 bits per heavy atom. The van der Waals surface area contributed by atoms with Crippen molar-refractivity contribution in [2.24, 2.45) is 0 Å². The normalized spacial score (nSPS) is 10.7. The molecule has 2 heterocycles. The van der Waals surface area contributed by atoms with E-state index in [2.05, 4.69) is 21.4 Å². The van der Waals surface area contributed by atoms with Crippen LogP contribution in [0.15, 0.2) is 48.0 Å². The standard InChI is InChI=1S/C14H12N2OS/c1-2-6-13-11(4-1)10-15-14(16-13)17-8-7-12-5-3-9-18-12/h1-6,9-10H,7-8H2. The molecule has 0 bridgehead atoms. The lowest BCUT2D eigenvalue weighted by Crippen LogP contribution is -2.03. The molecule has 3 aromatic rings. The van der Waals surface area contributed by atoms with Crippen molar-refractivity contribution in [2.75, 3.05) is 6.61 Å². The average molecular weight is 256 g/mol. The van der Waals surface area contributed by atoms with Crippen LogP contribution in [0.2, 0.25) is 0 Å². The third kappa shape index (κ3) is 2.49. The number of para-hydroxylation sites is 1. The molecule has 0 fully saturated rings. The second-order valence-electron chi connectivity index (χ2n) is 3.89. The van der Waals surface area contributed by atoms with Crippen molar-refractivity contribution < 1.29 is 4.74 Å². The van der Waals surface area contributed by atoms with Gasteiger partial charge in [0.25, 0.3) is 0 Å². The lowest BCUT2D eigenvalue weighted by atomic mass is 10.2.